The van der Waals surface area contributed by atoms with Crippen molar-refractivity contribution in [1.82, 2.24) is 19.3 Å². The maximum atomic E-state index is 12.6. The van der Waals surface area contributed by atoms with Gasteiger partial charge in [-0.3, -0.25) is 14.4 Å². The van der Waals surface area contributed by atoms with Crippen molar-refractivity contribution in [3.8, 4) is 0 Å². The molecule has 2 fully saturated rings. The summed E-state index contributed by atoms with van der Waals surface area (Å²) in [6.07, 6.45) is 5.07. The average molecular weight is 374 g/mol. The lowest BCUT2D eigenvalue weighted by Crippen LogP contribution is -2.47. The van der Waals surface area contributed by atoms with Crippen LogP contribution in [0.15, 0.2) is 29.2 Å². The second-order valence-corrected chi connectivity index (χ2v) is 7.74. The molecule has 1 aromatic heterocycles. The first-order valence-electron chi connectivity index (χ1n) is 9.92. The molecule has 7 heteroatoms. The highest BCUT2D eigenvalue weighted by Crippen LogP contribution is 2.22. The largest absolute Gasteiger partial charge is 0.341 e. The Bertz CT molecular complexity index is 709. The molecule has 1 aromatic rings. The number of piperidine rings is 1. The van der Waals surface area contributed by atoms with Crippen LogP contribution in [-0.2, 0) is 16.1 Å². The Morgan fingerprint density at radius 1 is 1.04 bits per heavy atom. The third-order valence-electron chi connectivity index (χ3n) is 5.70. The van der Waals surface area contributed by atoms with E-state index in [1.807, 2.05) is 9.80 Å². The number of carbonyl (C=O) groups excluding carboxylic acids is 2. The number of hydrogen-bond donors (Lipinski definition) is 0. The molecule has 0 radical (unpaired) electrons. The standard InChI is InChI=1S/C20H30N4O3/c1-21-11-13-22(14-12-21)19(26)8-7-17-5-4-10-23(15-17)20(27)16-24-9-3-2-6-18(24)25/h2-3,6,9,17H,4-5,7-8,10-16H2,1H3. The molecule has 2 aliphatic heterocycles. The first-order chi connectivity index (χ1) is 13.0. The van der Waals surface area contributed by atoms with Gasteiger partial charge in [0.25, 0.3) is 5.56 Å². The van der Waals surface area contributed by atoms with Gasteiger partial charge >= 0.3 is 0 Å². The number of likely N-dealkylation sites (tertiary alicyclic amines) is 1. The van der Waals surface area contributed by atoms with E-state index in [2.05, 4.69) is 11.9 Å². The highest BCUT2D eigenvalue weighted by molar-refractivity contribution is 5.77. The molecule has 1 unspecified atom stereocenters. The van der Waals surface area contributed by atoms with Gasteiger partial charge in [-0.2, -0.15) is 0 Å². The van der Waals surface area contributed by atoms with E-state index in [9.17, 15) is 14.4 Å². The monoisotopic (exact) mass is 374 g/mol. The normalized spacial score (nSPS) is 21.3. The molecule has 0 bridgehead atoms. The molecule has 27 heavy (non-hydrogen) atoms. The lowest BCUT2D eigenvalue weighted by Gasteiger charge is -2.34. The minimum atomic E-state index is -0.155. The summed E-state index contributed by atoms with van der Waals surface area (Å²) in [6.45, 7) is 5.03. The first-order valence-corrected chi connectivity index (χ1v) is 9.92. The van der Waals surface area contributed by atoms with Gasteiger partial charge in [0.2, 0.25) is 11.8 Å². The van der Waals surface area contributed by atoms with Crippen LogP contribution in [0.2, 0.25) is 0 Å². The van der Waals surface area contributed by atoms with Gasteiger partial charge in [-0.1, -0.05) is 6.07 Å². The zero-order valence-corrected chi connectivity index (χ0v) is 16.2. The van der Waals surface area contributed by atoms with E-state index in [4.69, 9.17) is 0 Å². The quantitative estimate of drug-likeness (QED) is 0.759. The van der Waals surface area contributed by atoms with Gasteiger partial charge in [0, 0.05) is 58.0 Å². The zero-order valence-electron chi connectivity index (χ0n) is 16.2. The van der Waals surface area contributed by atoms with Crippen LogP contribution in [0.3, 0.4) is 0 Å². The van der Waals surface area contributed by atoms with Crippen molar-refractivity contribution in [2.75, 3.05) is 46.3 Å². The van der Waals surface area contributed by atoms with Crippen LogP contribution in [0.4, 0.5) is 0 Å². The van der Waals surface area contributed by atoms with Crippen LogP contribution in [0.5, 0.6) is 0 Å². The minimum absolute atomic E-state index is 0.0154. The predicted molar refractivity (Wildman–Crippen MR) is 103 cm³/mol. The van der Waals surface area contributed by atoms with Crippen LogP contribution in [-0.4, -0.2) is 77.4 Å². The second kappa shape index (κ2) is 9.17. The van der Waals surface area contributed by atoms with Crippen molar-refractivity contribution >= 4 is 11.8 Å². The third-order valence-corrected chi connectivity index (χ3v) is 5.70. The van der Waals surface area contributed by atoms with Crippen LogP contribution in [0.1, 0.15) is 25.7 Å². The highest BCUT2D eigenvalue weighted by Gasteiger charge is 2.25. The fourth-order valence-electron chi connectivity index (χ4n) is 3.91. The molecule has 0 aliphatic carbocycles. The van der Waals surface area contributed by atoms with Crippen molar-refractivity contribution in [2.45, 2.75) is 32.2 Å². The number of rotatable bonds is 5. The summed E-state index contributed by atoms with van der Waals surface area (Å²) in [6, 6.07) is 4.91. The van der Waals surface area contributed by atoms with Gasteiger partial charge in [-0.05, 0) is 38.3 Å². The summed E-state index contributed by atoms with van der Waals surface area (Å²) in [5, 5.41) is 0. The molecule has 7 nitrogen and oxygen atoms in total. The Hall–Kier alpha value is -2.15. The molecule has 148 valence electrons. The lowest BCUT2D eigenvalue weighted by atomic mass is 9.93. The second-order valence-electron chi connectivity index (χ2n) is 7.74. The van der Waals surface area contributed by atoms with E-state index in [0.29, 0.717) is 18.9 Å². The zero-order chi connectivity index (χ0) is 19.2. The van der Waals surface area contributed by atoms with Gasteiger partial charge in [-0.25, -0.2) is 0 Å². The number of hydrogen-bond acceptors (Lipinski definition) is 4. The maximum Gasteiger partial charge on any atom is 0.250 e. The average Bonchev–Trinajstić information content (AvgIpc) is 2.68. The number of pyridine rings is 1. The Morgan fingerprint density at radius 2 is 1.81 bits per heavy atom. The summed E-state index contributed by atoms with van der Waals surface area (Å²) in [5.41, 5.74) is -0.155. The SMILES string of the molecule is CN1CCN(C(=O)CCC2CCCN(C(=O)Cn3ccccc3=O)C2)CC1. The summed E-state index contributed by atoms with van der Waals surface area (Å²) in [7, 11) is 2.08. The van der Waals surface area contributed by atoms with E-state index >= 15 is 0 Å². The fraction of sp³-hybridized carbons (Fsp3) is 0.650. The summed E-state index contributed by atoms with van der Waals surface area (Å²) in [4.78, 5) is 42.9. The first kappa shape index (κ1) is 19.6. The Labute approximate surface area is 160 Å². The van der Waals surface area contributed by atoms with E-state index < -0.39 is 0 Å². The molecular formula is C20H30N4O3. The molecule has 1 atom stereocenters. The maximum absolute atomic E-state index is 12.6. The van der Waals surface area contributed by atoms with Crippen LogP contribution in [0, 0.1) is 5.92 Å². The smallest absolute Gasteiger partial charge is 0.250 e. The molecule has 0 aromatic carbocycles. The van der Waals surface area contributed by atoms with Crippen molar-refractivity contribution in [1.29, 1.82) is 0 Å². The molecule has 0 N–H and O–H groups in total. The Kier molecular flexibility index (Phi) is 6.66. The summed E-state index contributed by atoms with van der Waals surface area (Å²) >= 11 is 0. The lowest BCUT2D eigenvalue weighted by molar-refractivity contribution is -0.134. The van der Waals surface area contributed by atoms with Crippen LogP contribution < -0.4 is 5.56 Å². The minimum Gasteiger partial charge on any atom is -0.341 e. The fourth-order valence-corrected chi connectivity index (χ4v) is 3.91. The van der Waals surface area contributed by atoms with Crippen LogP contribution >= 0.6 is 0 Å². The van der Waals surface area contributed by atoms with E-state index in [-0.39, 0.29) is 23.9 Å². The molecule has 3 heterocycles. The summed E-state index contributed by atoms with van der Waals surface area (Å²) < 4.78 is 1.45. The van der Waals surface area contributed by atoms with E-state index in [1.165, 1.54) is 10.6 Å². The number of aromatic nitrogens is 1. The number of carbonyl (C=O) groups is 2. The number of nitrogens with zero attached hydrogens (tertiary/aromatic N) is 4. The van der Waals surface area contributed by atoms with Crippen molar-refractivity contribution in [3.63, 3.8) is 0 Å². The molecule has 2 aliphatic rings. The van der Waals surface area contributed by atoms with Gasteiger partial charge in [-0.15, -0.1) is 0 Å². The van der Waals surface area contributed by atoms with E-state index in [0.717, 1.165) is 52.0 Å². The molecule has 0 saturated carbocycles. The topological polar surface area (TPSA) is 65.9 Å². The molecular weight excluding hydrogens is 344 g/mol. The highest BCUT2D eigenvalue weighted by atomic mass is 16.2. The molecule has 2 amide bonds. The van der Waals surface area contributed by atoms with Crippen molar-refractivity contribution in [3.05, 3.63) is 34.7 Å². The van der Waals surface area contributed by atoms with Crippen molar-refractivity contribution in [2.24, 2.45) is 5.92 Å². The number of piperazine rings is 1. The molecule has 0 spiro atoms. The number of amides is 2. The predicted octanol–water partition coefficient (Wildman–Crippen LogP) is 0.641. The Balaban J connectivity index is 1.46. The van der Waals surface area contributed by atoms with E-state index in [1.54, 1.807) is 18.3 Å². The van der Waals surface area contributed by atoms with Gasteiger partial charge < -0.3 is 19.3 Å². The Morgan fingerprint density at radius 3 is 2.56 bits per heavy atom. The van der Waals surface area contributed by atoms with Gasteiger partial charge in [0.1, 0.15) is 6.54 Å². The summed E-state index contributed by atoms with van der Waals surface area (Å²) in [5.74, 6) is 0.590. The van der Waals surface area contributed by atoms with Gasteiger partial charge in [0.05, 0.1) is 0 Å². The third kappa shape index (κ3) is 5.42. The van der Waals surface area contributed by atoms with Gasteiger partial charge in [0.15, 0.2) is 0 Å². The molecule has 2 saturated heterocycles. The molecule has 3 rings (SSSR count). The van der Waals surface area contributed by atoms with Crippen molar-refractivity contribution < 1.29 is 9.59 Å². The van der Waals surface area contributed by atoms with Crippen LogP contribution in [0.25, 0.3) is 0 Å². The number of likely N-dealkylation sites (N-methyl/N-ethyl adjacent to an activating group) is 1.